The van der Waals surface area contributed by atoms with Crippen molar-refractivity contribution in [2.75, 3.05) is 6.61 Å². The fourth-order valence-electron chi connectivity index (χ4n) is 3.05. The van der Waals surface area contributed by atoms with Crippen LogP contribution in [0.25, 0.3) is 28.2 Å². The number of aromatic nitrogens is 2. The van der Waals surface area contributed by atoms with Gasteiger partial charge in [-0.3, -0.25) is 4.40 Å². The van der Waals surface area contributed by atoms with Gasteiger partial charge in [0.1, 0.15) is 5.65 Å². The summed E-state index contributed by atoms with van der Waals surface area (Å²) in [5.74, 6) is -0.308. The van der Waals surface area contributed by atoms with Crippen molar-refractivity contribution in [1.82, 2.24) is 9.38 Å². The highest BCUT2D eigenvalue weighted by molar-refractivity contribution is 5.90. The Kier molecular flexibility index (Phi) is 4.23. The molecule has 4 rings (SSSR count). The molecule has 0 bridgehead atoms. The Morgan fingerprint density at radius 3 is 2.38 bits per heavy atom. The second-order valence-corrected chi connectivity index (χ2v) is 5.90. The monoisotopic (exact) mass is 342 g/mol. The predicted octanol–water partition coefficient (Wildman–Crippen LogP) is 4.85. The third-order valence-corrected chi connectivity index (χ3v) is 4.25. The van der Waals surface area contributed by atoms with Crippen molar-refractivity contribution >= 4 is 11.6 Å². The summed E-state index contributed by atoms with van der Waals surface area (Å²) in [6.45, 7) is 2.17. The highest BCUT2D eigenvalue weighted by Crippen LogP contribution is 2.32. The van der Waals surface area contributed by atoms with E-state index in [1.54, 1.807) is 19.1 Å². The van der Waals surface area contributed by atoms with Crippen LogP contribution >= 0.6 is 0 Å². The molecule has 0 aliphatic rings. The van der Waals surface area contributed by atoms with Gasteiger partial charge in [0, 0.05) is 17.3 Å². The van der Waals surface area contributed by atoms with E-state index in [1.807, 2.05) is 54.7 Å². The van der Waals surface area contributed by atoms with E-state index in [2.05, 4.69) is 16.5 Å². The van der Waals surface area contributed by atoms with E-state index in [4.69, 9.17) is 9.72 Å². The summed E-state index contributed by atoms with van der Waals surface area (Å²) in [5, 5.41) is 0. The fourth-order valence-corrected chi connectivity index (χ4v) is 3.05. The first-order valence-electron chi connectivity index (χ1n) is 8.58. The molecule has 0 saturated carbocycles. The Bertz CT molecular complexity index is 1050. The van der Waals surface area contributed by atoms with Crippen LogP contribution in [-0.2, 0) is 4.74 Å². The van der Waals surface area contributed by atoms with Crippen LogP contribution in [-0.4, -0.2) is 22.0 Å². The highest BCUT2D eigenvalue weighted by atomic mass is 16.5. The van der Waals surface area contributed by atoms with Gasteiger partial charge in [-0.25, -0.2) is 9.78 Å². The lowest BCUT2D eigenvalue weighted by molar-refractivity contribution is 0.0526. The summed E-state index contributed by atoms with van der Waals surface area (Å²) in [4.78, 5) is 16.7. The minimum Gasteiger partial charge on any atom is -0.462 e. The Morgan fingerprint density at radius 2 is 1.65 bits per heavy atom. The number of imidazole rings is 1. The van der Waals surface area contributed by atoms with E-state index in [1.165, 1.54) is 0 Å². The second kappa shape index (κ2) is 6.84. The molecule has 0 aliphatic heterocycles. The number of pyridine rings is 1. The van der Waals surface area contributed by atoms with Gasteiger partial charge >= 0.3 is 5.97 Å². The number of hydrogen-bond acceptors (Lipinski definition) is 3. The molecule has 2 aromatic heterocycles. The van der Waals surface area contributed by atoms with Gasteiger partial charge in [-0.1, -0.05) is 48.5 Å². The minimum atomic E-state index is -0.308. The average Bonchev–Trinajstić information content (AvgIpc) is 3.08. The largest absolute Gasteiger partial charge is 0.462 e. The normalized spacial score (nSPS) is 10.8. The zero-order valence-electron chi connectivity index (χ0n) is 14.4. The average molecular weight is 342 g/mol. The number of nitrogens with zero attached hydrogens (tertiary/aromatic N) is 2. The lowest BCUT2D eigenvalue weighted by Gasteiger charge is -2.07. The third-order valence-electron chi connectivity index (χ3n) is 4.25. The summed E-state index contributed by atoms with van der Waals surface area (Å²) < 4.78 is 7.14. The highest BCUT2D eigenvalue weighted by Gasteiger charge is 2.16. The van der Waals surface area contributed by atoms with Crippen molar-refractivity contribution in [1.29, 1.82) is 0 Å². The molecule has 0 fully saturated rings. The zero-order chi connectivity index (χ0) is 17.9. The molecule has 128 valence electrons. The fraction of sp³-hybridized carbons (Fsp3) is 0.0909. The maximum absolute atomic E-state index is 11.9. The van der Waals surface area contributed by atoms with E-state index in [9.17, 15) is 4.79 Å². The van der Waals surface area contributed by atoms with E-state index in [0.29, 0.717) is 12.2 Å². The standard InChI is InChI=1S/C22H18N2O2/c1-2-26-22(25)18-13-11-16(12-14-18)20-21(17-8-4-3-5-9-17)24-15-7-6-10-19(24)23-20/h3-15H,2H2,1H3. The molecule has 0 spiro atoms. The SMILES string of the molecule is CCOC(=O)c1ccc(-c2nc3ccccn3c2-c2ccccc2)cc1. The lowest BCUT2D eigenvalue weighted by atomic mass is 10.0. The number of hydrogen-bond donors (Lipinski definition) is 0. The van der Waals surface area contributed by atoms with Gasteiger partial charge in [-0.15, -0.1) is 0 Å². The molecular weight excluding hydrogens is 324 g/mol. The summed E-state index contributed by atoms with van der Waals surface area (Å²) in [6.07, 6.45) is 2.02. The molecule has 4 nitrogen and oxygen atoms in total. The Morgan fingerprint density at radius 1 is 0.923 bits per heavy atom. The van der Waals surface area contributed by atoms with Crippen molar-refractivity contribution in [3.63, 3.8) is 0 Å². The molecule has 0 unspecified atom stereocenters. The summed E-state index contributed by atoms with van der Waals surface area (Å²) >= 11 is 0. The summed E-state index contributed by atoms with van der Waals surface area (Å²) in [5.41, 5.74) is 5.40. The van der Waals surface area contributed by atoms with Crippen LogP contribution < -0.4 is 0 Å². The molecule has 2 aromatic carbocycles. The van der Waals surface area contributed by atoms with Gasteiger partial charge in [0.25, 0.3) is 0 Å². The second-order valence-electron chi connectivity index (χ2n) is 5.90. The molecular formula is C22H18N2O2. The molecule has 2 heterocycles. The Labute approximate surface area is 151 Å². The first-order chi connectivity index (χ1) is 12.8. The quantitative estimate of drug-likeness (QED) is 0.498. The molecule has 0 amide bonds. The van der Waals surface area contributed by atoms with Crippen molar-refractivity contribution in [3.05, 3.63) is 84.6 Å². The van der Waals surface area contributed by atoms with E-state index in [-0.39, 0.29) is 5.97 Å². The molecule has 4 heteroatoms. The summed E-state index contributed by atoms with van der Waals surface area (Å²) in [6, 6.07) is 23.6. The Balaban J connectivity index is 1.85. The third kappa shape index (κ3) is 2.86. The predicted molar refractivity (Wildman–Crippen MR) is 102 cm³/mol. The van der Waals surface area contributed by atoms with Crippen molar-refractivity contribution < 1.29 is 9.53 Å². The molecule has 0 aliphatic carbocycles. The molecule has 26 heavy (non-hydrogen) atoms. The smallest absolute Gasteiger partial charge is 0.338 e. The summed E-state index contributed by atoms with van der Waals surface area (Å²) in [7, 11) is 0. The van der Waals surface area contributed by atoms with E-state index < -0.39 is 0 Å². The number of ether oxygens (including phenoxy) is 1. The zero-order valence-corrected chi connectivity index (χ0v) is 14.4. The van der Waals surface area contributed by atoms with Crippen molar-refractivity contribution in [2.45, 2.75) is 6.92 Å². The molecule has 0 atom stereocenters. The number of carbonyl (C=O) groups excluding carboxylic acids is 1. The number of fused-ring (bicyclic) bond motifs is 1. The van der Waals surface area contributed by atoms with Gasteiger partial charge in [-0.2, -0.15) is 0 Å². The Hall–Kier alpha value is -3.40. The number of benzene rings is 2. The maximum Gasteiger partial charge on any atom is 0.338 e. The first kappa shape index (κ1) is 16.1. The van der Waals surface area contributed by atoms with Gasteiger partial charge < -0.3 is 4.74 Å². The number of esters is 1. The van der Waals surface area contributed by atoms with E-state index >= 15 is 0 Å². The number of rotatable bonds is 4. The maximum atomic E-state index is 11.9. The lowest BCUT2D eigenvalue weighted by Crippen LogP contribution is -2.04. The van der Waals surface area contributed by atoms with Crippen LogP contribution in [0.4, 0.5) is 0 Å². The van der Waals surface area contributed by atoms with Gasteiger partial charge in [0.05, 0.1) is 23.6 Å². The van der Waals surface area contributed by atoms with Crippen LogP contribution in [0, 0.1) is 0 Å². The van der Waals surface area contributed by atoms with Gasteiger partial charge in [-0.05, 0) is 31.2 Å². The van der Waals surface area contributed by atoms with Gasteiger partial charge in [0.2, 0.25) is 0 Å². The van der Waals surface area contributed by atoms with Crippen LogP contribution in [0.3, 0.4) is 0 Å². The topological polar surface area (TPSA) is 43.6 Å². The minimum absolute atomic E-state index is 0.308. The van der Waals surface area contributed by atoms with Crippen LogP contribution in [0.15, 0.2) is 79.0 Å². The van der Waals surface area contributed by atoms with Crippen LogP contribution in [0.5, 0.6) is 0 Å². The molecule has 0 radical (unpaired) electrons. The molecule has 0 N–H and O–H groups in total. The van der Waals surface area contributed by atoms with Crippen LogP contribution in [0.2, 0.25) is 0 Å². The molecule has 0 saturated heterocycles. The number of carbonyl (C=O) groups is 1. The van der Waals surface area contributed by atoms with E-state index in [0.717, 1.165) is 28.2 Å². The van der Waals surface area contributed by atoms with Crippen molar-refractivity contribution in [2.24, 2.45) is 0 Å². The van der Waals surface area contributed by atoms with Gasteiger partial charge in [0.15, 0.2) is 0 Å². The van der Waals surface area contributed by atoms with Crippen LogP contribution in [0.1, 0.15) is 17.3 Å². The molecule has 4 aromatic rings. The first-order valence-corrected chi connectivity index (χ1v) is 8.58. The van der Waals surface area contributed by atoms with Crippen molar-refractivity contribution in [3.8, 4) is 22.5 Å².